The van der Waals surface area contributed by atoms with Crippen molar-refractivity contribution < 1.29 is 9.53 Å². The Morgan fingerprint density at radius 2 is 1.41 bits per heavy atom. The van der Waals surface area contributed by atoms with Gasteiger partial charge in [0, 0.05) is 29.0 Å². The molecule has 0 radical (unpaired) electrons. The Hall–Kier alpha value is -4.17. The summed E-state index contributed by atoms with van der Waals surface area (Å²) in [4.78, 5) is 23.9. The molecule has 0 atom stereocenters. The summed E-state index contributed by atoms with van der Waals surface area (Å²) in [6.45, 7) is 1.46. The Bertz CT molecular complexity index is 1220. The summed E-state index contributed by atoms with van der Waals surface area (Å²) in [5.41, 5.74) is 2.20. The zero-order chi connectivity index (χ0) is 22.3. The average molecular weight is 447 g/mol. The largest absolute Gasteiger partial charge is 0.457 e. The molecule has 0 fully saturated rings. The number of aromatic nitrogens is 3. The molecule has 3 N–H and O–H groups in total. The Labute approximate surface area is 189 Å². The van der Waals surface area contributed by atoms with Crippen LogP contribution in [0.1, 0.15) is 6.92 Å². The van der Waals surface area contributed by atoms with Gasteiger partial charge in [0.15, 0.2) is 0 Å². The highest BCUT2D eigenvalue weighted by Crippen LogP contribution is 2.25. The summed E-state index contributed by atoms with van der Waals surface area (Å²) >= 11 is 5.89. The van der Waals surface area contributed by atoms with Crippen LogP contribution in [0.5, 0.6) is 11.5 Å². The first kappa shape index (κ1) is 21.1. The fraction of sp³-hybridized carbons (Fsp3) is 0.0435. The van der Waals surface area contributed by atoms with E-state index in [0.717, 1.165) is 11.4 Å². The quantitative estimate of drug-likeness (QED) is 0.331. The number of nitrogens with one attached hydrogen (secondary N) is 3. The van der Waals surface area contributed by atoms with Crippen molar-refractivity contribution in [2.75, 3.05) is 16.0 Å². The SMILES string of the molecule is CC(=O)Nc1cccc(Nc2ncnc(Nc3ccc(Oc4ccc(Cl)cc4)cc3)n2)c1. The predicted molar refractivity (Wildman–Crippen MR) is 125 cm³/mol. The van der Waals surface area contributed by atoms with Gasteiger partial charge >= 0.3 is 0 Å². The van der Waals surface area contributed by atoms with Crippen LogP contribution in [0, 0.1) is 0 Å². The van der Waals surface area contributed by atoms with Gasteiger partial charge in [0.1, 0.15) is 17.8 Å². The van der Waals surface area contributed by atoms with Crippen molar-refractivity contribution in [3.05, 3.63) is 84.1 Å². The Balaban J connectivity index is 1.40. The van der Waals surface area contributed by atoms with Gasteiger partial charge in [-0.15, -0.1) is 0 Å². The number of carbonyl (C=O) groups is 1. The first-order valence-corrected chi connectivity index (χ1v) is 10.1. The predicted octanol–water partition coefficient (Wildman–Crippen LogP) is 5.76. The molecule has 32 heavy (non-hydrogen) atoms. The number of hydrogen-bond acceptors (Lipinski definition) is 7. The molecule has 3 aromatic carbocycles. The zero-order valence-electron chi connectivity index (χ0n) is 17.0. The normalized spacial score (nSPS) is 10.3. The second-order valence-corrected chi connectivity index (χ2v) is 7.16. The summed E-state index contributed by atoms with van der Waals surface area (Å²) < 4.78 is 5.79. The monoisotopic (exact) mass is 446 g/mol. The van der Waals surface area contributed by atoms with E-state index in [0.29, 0.717) is 34.1 Å². The third-order valence-electron chi connectivity index (χ3n) is 4.17. The number of nitrogens with zero attached hydrogens (tertiary/aromatic N) is 3. The number of carbonyl (C=O) groups excluding carboxylic acids is 1. The van der Waals surface area contributed by atoms with Crippen LogP contribution in [0.15, 0.2) is 79.1 Å². The molecule has 9 heteroatoms. The molecule has 0 aliphatic heterocycles. The van der Waals surface area contributed by atoms with Gasteiger partial charge in [0.25, 0.3) is 0 Å². The topological polar surface area (TPSA) is 101 Å². The number of ether oxygens (including phenoxy) is 1. The van der Waals surface area contributed by atoms with Crippen molar-refractivity contribution in [3.8, 4) is 11.5 Å². The molecule has 1 amide bonds. The standard InChI is InChI=1S/C23H19ClN6O2/c1-15(31)27-18-3-2-4-19(13-18)29-23-26-14-25-22(30-23)28-17-7-11-21(12-8-17)32-20-9-5-16(24)6-10-20/h2-14H,1H3,(H,27,31)(H2,25,26,28,29,30). The molecule has 4 rings (SSSR count). The second kappa shape index (κ2) is 9.76. The molecule has 1 heterocycles. The Kier molecular flexibility index (Phi) is 6.43. The minimum absolute atomic E-state index is 0.140. The van der Waals surface area contributed by atoms with Crippen LogP contribution in [0.25, 0.3) is 0 Å². The number of hydrogen-bond donors (Lipinski definition) is 3. The van der Waals surface area contributed by atoms with E-state index in [9.17, 15) is 4.79 Å². The van der Waals surface area contributed by atoms with Gasteiger partial charge in [-0.3, -0.25) is 4.79 Å². The molecule has 0 spiro atoms. The van der Waals surface area contributed by atoms with E-state index in [-0.39, 0.29) is 5.91 Å². The summed E-state index contributed by atoms with van der Waals surface area (Å²) in [7, 11) is 0. The van der Waals surface area contributed by atoms with Gasteiger partial charge in [-0.05, 0) is 66.7 Å². The third-order valence-corrected chi connectivity index (χ3v) is 4.42. The van der Waals surface area contributed by atoms with Crippen LogP contribution in [0.2, 0.25) is 5.02 Å². The number of amides is 1. The third kappa shape index (κ3) is 5.93. The second-order valence-electron chi connectivity index (χ2n) is 6.73. The van der Waals surface area contributed by atoms with E-state index >= 15 is 0 Å². The highest BCUT2D eigenvalue weighted by molar-refractivity contribution is 6.30. The van der Waals surface area contributed by atoms with Crippen molar-refractivity contribution in [1.82, 2.24) is 15.0 Å². The van der Waals surface area contributed by atoms with Crippen LogP contribution in [0.3, 0.4) is 0 Å². The highest BCUT2D eigenvalue weighted by atomic mass is 35.5. The molecule has 0 aliphatic carbocycles. The van der Waals surface area contributed by atoms with Crippen LogP contribution < -0.4 is 20.7 Å². The molecular weight excluding hydrogens is 428 g/mol. The van der Waals surface area contributed by atoms with E-state index in [1.54, 1.807) is 36.4 Å². The maximum atomic E-state index is 11.2. The van der Waals surface area contributed by atoms with Gasteiger partial charge in [0.05, 0.1) is 0 Å². The van der Waals surface area contributed by atoms with Crippen molar-refractivity contribution in [3.63, 3.8) is 0 Å². The van der Waals surface area contributed by atoms with Crippen LogP contribution >= 0.6 is 11.6 Å². The minimum Gasteiger partial charge on any atom is -0.457 e. The van der Waals surface area contributed by atoms with Gasteiger partial charge in [-0.2, -0.15) is 4.98 Å². The molecule has 0 unspecified atom stereocenters. The lowest BCUT2D eigenvalue weighted by Crippen LogP contribution is -2.06. The lowest BCUT2D eigenvalue weighted by Gasteiger charge is -2.10. The van der Waals surface area contributed by atoms with E-state index < -0.39 is 0 Å². The van der Waals surface area contributed by atoms with E-state index in [1.807, 2.05) is 36.4 Å². The number of rotatable bonds is 7. The minimum atomic E-state index is -0.140. The smallest absolute Gasteiger partial charge is 0.232 e. The molecule has 8 nitrogen and oxygen atoms in total. The molecule has 0 bridgehead atoms. The van der Waals surface area contributed by atoms with Crippen molar-refractivity contribution >= 4 is 46.5 Å². The van der Waals surface area contributed by atoms with Crippen LogP contribution in [-0.2, 0) is 4.79 Å². The lowest BCUT2D eigenvalue weighted by molar-refractivity contribution is -0.114. The molecular formula is C23H19ClN6O2. The van der Waals surface area contributed by atoms with Crippen molar-refractivity contribution in [2.45, 2.75) is 6.92 Å². The van der Waals surface area contributed by atoms with E-state index in [1.165, 1.54) is 13.3 Å². The molecule has 160 valence electrons. The van der Waals surface area contributed by atoms with Gasteiger partial charge in [0.2, 0.25) is 17.8 Å². The van der Waals surface area contributed by atoms with Gasteiger partial charge < -0.3 is 20.7 Å². The average Bonchev–Trinajstić information content (AvgIpc) is 2.77. The maximum absolute atomic E-state index is 11.2. The zero-order valence-corrected chi connectivity index (χ0v) is 17.8. The fourth-order valence-electron chi connectivity index (χ4n) is 2.80. The van der Waals surface area contributed by atoms with Crippen molar-refractivity contribution in [2.24, 2.45) is 0 Å². The number of halogens is 1. The summed E-state index contributed by atoms with van der Waals surface area (Å²) in [5, 5.41) is 9.63. The van der Waals surface area contributed by atoms with Gasteiger partial charge in [-0.25, -0.2) is 9.97 Å². The van der Waals surface area contributed by atoms with Gasteiger partial charge in [-0.1, -0.05) is 17.7 Å². The van der Waals surface area contributed by atoms with E-state index in [4.69, 9.17) is 16.3 Å². The van der Waals surface area contributed by atoms with E-state index in [2.05, 4.69) is 30.9 Å². The first-order valence-electron chi connectivity index (χ1n) is 9.68. The summed E-state index contributed by atoms with van der Waals surface area (Å²) in [5.74, 6) is 2.00. The molecule has 4 aromatic rings. The lowest BCUT2D eigenvalue weighted by atomic mass is 10.3. The van der Waals surface area contributed by atoms with Crippen LogP contribution in [0.4, 0.5) is 29.0 Å². The Morgan fingerprint density at radius 3 is 2.06 bits per heavy atom. The highest BCUT2D eigenvalue weighted by Gasteiger charge is 2.05. The molecule has 1 aromatic heterocycles. The fourth-order valence-corrected chi connectivity index (χ4v) is 2.92. The molecule has 0 saturated carbocycles. The number of benzene rings is 3. The Morgan fingerprint density at radius 1 is 0.812 bits per heavy atom. The van der Waals surface area contributed by atoms with Crippen molar-refractivity contribution in [1.29, 1.82) is 0 Å². The number of anilines is 5. The summed E-state index contributed by atoms with van der Waals surface area (Å²) in [6.07, 6.45) is 1.41. The van der Waals surface area contributed by atoms with Crippen LogP contribution in [-0.4, -0.2) is 20.9 Å². The summed E-state index contributed by atoms with van der Waals surface area (Å²) in [6, 6.07) is 21.8. The molecule has 0 saturated heterocycles. The molecule has 0 aliphatic rings. The maximum Gasteiger partial charge on any atom is 0.232 e. The first-order chi connectivity index (χ1) is 15.5.